The second-order valence-corrected chi connectivity index (χ2v) is 12.7. The molecule has 36 heavy (non-hydrogen) atoms. The summed E-state index contributed by atoms with van der Waals surface area (Å²) >= 11 is 0. The minimum Gasteiger partial charge on any atom is -0.311 e. The van der Waals surface area contributed by atoms with Gasteiger partial charge in [-0.05, 0) is 24.3 Å². The van der Waals surface area contributed by atoms with Crippen LogP contribution in [0, 0.1) is 0 Å². The molecule has 192 valence electrons. The molecule has 0 fully saturated rings. The lowest BCUT2D eigenvalue weighted by Gasteiger charge is -2.09. The summed E-state index contributed by atoms with van der Waals surface area (Å²) in [5.74, 6) is 3.08. The van der Waals surface area contributed by atoms with Crippen molar-refractivity contribution in [1.82, 2.24) is 9.97 Å². The Kier molecular flexibility index (Phi) is 12.2. The van der Waals surface area contributed by atoms with Crippen LogP contribution in [0.5, 0.6) is 0 Å². The SMILES string of the molecule is O=C1CCSSCCC(=O)Nc2cccc(n2)NC(=O)CCSSCCC(=O)Nc2cccc(n2)N1. The van der Waals surface area contributed by atoms with Crippen molar-refractivity contribution in [1.29, 1.82) is 0 Å². The van der Waals surface area contributed by atoms with Crippen LogP contribution in [-0.2, 0) is 19.2 Å². The predicted molar refractivity (Wildman–Crippen MR) is 151 cm³/mol. The lowest BCUT2D eigenvalue weighted by Crippen LogP contribution is -2.16. The average molecular weight is 567 g/mol. The van der Waals surface area contributed by atoms with E-state index in [1.54, 1.807) is 36.4 Å². The molecule has 0 unspecified atom stereocenters. The molecule has 4 N–H and O–H groups in total. The van der Waals surface area contributed by atoms with Crippen molar-refractivity contribution in [3.8, 4) is 0 Å². The van der Waals surface area contributed by atoms with Gasteiger partial charge >= 0.3 is 0 Å². The number of amides is 4. The Morgan fingerprint density at radius 2 is 0.722 bits per heavy atom. The minimum absolute atomic E-state index is 0.176. The molecule has 4 bridgehead atoms. The Morgan fingerprint density at radius 1 is 0.472 bits per heavy atom. The second kappa shape index (κ2) is 15.6. The van der Waals surface area contributed by atoms with Crippen molar-refractivity contribution in [2.75, 3.05) is 44.3 Å². The first-order valence-electron chi connectivity index (χ1n) is 11.1. The second-order valence-electron chi connectivity index (χ2n) is 7.30. The van der Waals surface area contributed by atoms with Gasteiger partial charge in [-0.15, -0.1) is 0 Å². The Bertz CT molecular complexity index is 916. The maximum Gasteiger partial charge on any atom is 0.226 e. The zero-order valence-corrected chi connectivity index (χ0v) is 22.5. The fourth-order valence-electron chi connectivity index (χ4n) is 2.74. The monoisotopic (exact) mass is 566 g/mol. The zero-order chi connectivity index (χ0) is 25.6. The van der Waals surface area contributed by atoms with Gasteiger partial charge in [0.25, 0.3) is 0 Å². The van der Waals surface area contributed by atoms with Gasteiger partial charge in [0, 0.05) is 48.7 Å². The maximum absolute atomic E-state index is 12.2. The standard InChI is InChI=1S/C22H26N6O4S4/c29-19-7-11-33-35-13-9-21(31)27-17-5-2-6-18(24-17)28-22(32)10-14-36-34-12-8-20(30)26-16-4-1-3-15(23-16)25-19/h1-6H,7-14H2,(H2,23,25,26,29,30)(H2,24,27,28,31,32). The quantitative estimate of drug-likeness (QED) is 0.342. The molecule has 0 radical (unpaired) electrons. The van der Waals surface area contributed by atoms with Gasteiger partial charge in [-0.25, -0.2) is 9.97 Å². The van der Waals surface area contributed by atoms with Crippen LogP contribution in [0.3, 0.4) is 0 Å². The van der Waals surface area contributed by atoms with Gasteiger partial charge in [0.05, 0.1) is 0 Å². The third-order valence-corrected chi connectivity index (χ3v) is 9.20. The Balaban J connectivity index is 1.56. The molecule has 2 aromatic heterocycles. The van der Waals surface area contributed by atoms with Crippen LogP contribution in [0.2, 0.25) is 0 Å². The number of anilines is 4. The van der Waals surface area contributed by atoms with E-state index in [1.807, 2.05) is 0 Å². The van der Waals surface area contributed by atoms with Crippen LogP contribution in [0.4, 0.5) is 23.3 Å². The van der Waals surface area contributed by atoms with E-state index in [2.05, 4.69) is 31.2 Å². The van der Waals surface area contributed by atoms with Gasteiger partial charge in [-0.2, -0.15) is 0 Å². The number of nitrogens with one attached hydrogen (secondary N) is 4. The number of rotatable bonds is 0. The minimum atomic E-state index is -0.176. The molecule has 1 aliphatic heterocycles. The fourth-order valence-corrected chi connectivity index (χ4v) is 6.70. The number of carbonyl (C=O) groups is 4. The van der Waals surface area contributed by atoms with Gasteiger partial charge in [0.15, 0.2) is 0 Å². The van der Waals surface area contributed by atoms with Crippen molar-refractivity contribution >= 4 is 90.1 Å². The first-order chi connectivity index (χ1) is 17.5. The highest BCUT2D eigenvalue weighted by molar-refractivity contribution is 8.77. The third kappa shape index (κ3) is 11.1. The molecule has 2 aromatic rings. The topological polar surface area (TPSA) is 142 Å². The number of fused-ring (bicyclic) bond motifs is 4. The maximum atomic E-state index is 12.2. The lowest BCUT2D eigenvalue weighted by atomic mass is 10.4. The molecule has 0 saturated heterocycles. The molecular weight excluding hydrogens is 541 g/mol. The predicted octanol–water partition coefficient (Wildman–Crippen LogP) is 4.27. The van der Waals surface area contributed by atoms with Crippen LogP contribution < -0.4 is 21.3 Å². The third-order valence-electron chi connectivity index (χ3n) is 4.38. The highest BCUT2D eigenvalue weighted by atomic mass is 33.1. The number of pyridine rings is 2. The van der Waals surface area contributed by atoms with Gasteiger partial charge in [-0.1, -0.05) is 55.3 Å². The van der Waals surface area contributed by atoms with E-state index in [-0.39, 0.29) is 23.6 Å². The highest BCUT2D eigenvalue weighted by Crippen LogP contribution is 2.24. The van der Waals surface area contributed by atoms with E-state index >= 15 is 0 Å². The van der Waals surface area contributed by atoms with Gasteiger partial charge in [-0.3, -0.25) is 19.2 Å². The van der Waals surface area contributed by atoms with Crippen LogP contribution in [0.15, 0.2) is 36.4 Å². The first kappa shape index (κ1) is 28.2. The summed E-state index contributed by atoms with van der Waals surface area (Å²) in [6, 6.07) is 10.1. The van der Waals surface area contributed by atoms with E-state index in [9.17, 15) is 19.2 Å². The summed E-state index contributed by atoms with van der Waals surface area (Å²) in [7, 11) is 6.03. The molecule has 14 heteroatoms. The van der Waals surface area contributed by atoms with Crippen LogP contribution in [0.1, 0.15) is 25.7 Å². The van der Waals surface area contributed by atoms with Crippen LogP contribution in [0.25, 0.3) is 0 Å². The van der Waals surface area contributed by atoms with E-state index in [0.29, 0.717) is 72.0 Å². The first-order valence-corrected chi connectivity index (χ1v) is 16.1. The molecule has 3 heterocycles. The highest BCUT2D eigenvalue weighted by Gasteiger charge is 2.10. The summed E-state index contributed by atoms with van der Waals surface area (Å²) < 4.78 is 0. The molecule has 10 nitrogen and oxygen atoms in total. The summed E-state index contributed by atoms with van der Waals surface area (Å²) in [5.41, 5.74) is 0. The van der Waals surface area contributed by atoms with E-state index in [1.165, 1.54) is 43.2 Å². The lowest BCUT2D eigenvalue weighted by molar-refractivity contribution is -0.116. The summed E-state index contributed by atoms with van der Waals surface area (Å²) in [4.78, 5) is 57.4. The summed E-state index contributed by atoms with van der Waals surface area (Å²) in [6.45, 7) is 0. The molecule has 1 aliphatic rings. The Hall–Kier alpha value is -2.42. The largest absolute Gasteiger partial charge is 0.311 e. The van der Waals surface area contributed by atoms with Crippen LogP contribution in [-0.4, -0.2) is 56.6 Å². The van der Waals surface area contributed by atoms with Crippen LogP contribution >= 0.6 is 43.2 Å². The van der Waals surface area contributed by atoms with Crippen molar-refractivity contribution in [2.24, 2.45) is 0 Å². The molecule has 3 rings (SSSR count). The molecule has 0 spiro atoms. The Morgan fingerprint density at radius 3 is 0.972 bits per heavy atom. The molecule has 4 amide bonds. The van der Waals surface area contributed by atoms with Gasteiger partial charge < -0.3 is 21.3 Å². The van der Waals surface area contributed by atoms with E-state index in [0.717, 1.165) is 0 Å². The molecule has 0 saturated carbocycles. The molecule has 0 aromatic carbocycles. The van der Waals surface area contributed by atoms with E-state index < -0.39 is 0 Å². The average Bonchev–Trinajstić information content (AvgIpc) is 2.83. The van der Waals surface area contributed by atoms with Crippen molar-refractivity contribution < 1.29 is 19.2 Å². The van der Waals surface area contributed by atoms with Gasteiger partial charge in [0.1, 0.15) is 23.3 Å². The molecule has 0 aliphatic carbocycles. The fraction of sp³-hybridized carbons (Fsp3) is 0.364. The van der Waals surface area contributed by atoms with Crippen molar-refractivity contribution in [3.05, 3.63) is 36.4 Å². The number of aromatic nitrogens is 2. The summed E-state index contributed by atoms with van der Waals surface area (Å²) in [5, 5.41) is 10.9. The van der Waals surface area contributed by atoms with E-state index in [4.69, 9.17) is 0 Å². The smallest absolute Gasteiger partial charge is 0.226 e. The molecular formula is C22H26N6O4S4. The van der Waals surface area contributed by atoms with Gasteiger partial charge in [0.2, 0.25) is 23.6 Å². The van der Waals surface area contributed by atoms with Crippen molar-refractivity contribution in [3.63, 3.8) is 0 Å². The Labute approximate surface area is 224 Å². The number of carbonyl (C=O) groups excluding carboxylic acids is 4. The normalized spacial score (nSPS) is 17.8. The number of hydrogen-bond acceptors (Lipinski definition) is 10. The molecule has 0 atom stereocenters. The number of nitrogens with zero attached hydrogens (tertiary/aromatic N) is 2. The number of hydrogen-bond donors (Lipinski definition) is 4. The summed E-state index contributed by atoms with van der Waals surface area (Å²) in [6.07, 6.45) is 1.16. The van der Waals surface area contributed by atoms with Crippen molar-refractivity contribution in [2.45, 2.75) is 25.7 Å². The zero-order valence-electron chi connectivity index (χ0n) is 19.3.